The first kappa shape index (κ1) is 20.3. The number of thiophene rings is 1. The van der Waals surface area contributed by atoms with Gasteiger partial charge in [-0.1, -0.05) is 30.3 Å². The van der Waals surface area contributed by atoms with E-state index in [1.807, 2.05) is 25.1 Å². The number of carbonyl (C=O) groups excluding carboxylic acids is 2. The second kappa shape index (κ2) is 8.79. The van der Waals surface area contributed by atoms with Gasteiger partial charge in [0.2, 0.25) is 5.91 Å². The number of carbonyl (C=O) groups is 2. The summed E-state index contributed by atoms with van der Waals surface area (Å²) in [4.78, 5) is 36.6. The predicted octanol–water partition coefficient (Wildman–Crippen LogP) is 3.13. The number of anilines is 1. The molecular weight excluding hydrogens is 398 g/mol. The largest absolute Gasteiger partial charge is 0.369 e. The molecule has 1 aliphatic heterocycles. The summed E-state index contributed by atoms with van der Waals surface area (Å²) in [5, 5.41) is 4.28. The number of nitrogens with zero attached hydrogens (tertiary/aromatic N) is 3. The van der Waals surface area contributed by atoms with E-state index in [1.165, 1.54) is 23.2 Å². The van der Waals surface area contributed by atoms with Gasteiger partial charge in [0.25, 0.3) is 5.91 Å². The summed E-state index contributed by atoms with van der Waals surface area (Å²) in [6, 6.07) is 9.85. The fourth-order valence-electron chi connectivity index (χ4n) is 3.99. The number of aromatic nitrogens is 2. The molecule has 3 N–H and O–H groups in total. The lowest BCUT2D eigenvalue weighted by Crippen LogP contribution is -2.43. The molecule has 2 aromatic heterocycles. The molecule has 0 spiro atoms. The van der Waals surface area contributed by atoms with Crippen LogP contribution in [0.3, 0.4) is 0 Å². The Hall–Kier alpha value is -3.00. The van der Waals surface area contributed by atoms with Crippen molar-refractivity contribution in [3.8, 4) is 0 Å². The van der Waals surface area contributed by atoms with Crippen molar-refractivity contribution in [2.24, 2.45) is 5.73 Å². The van der Waals surface area contributed by atoms with E-state index < -0.39 is 11.9 Å². The Balaban J connectivity index is 1.51. The van der Waals surface area contributed by atoms with E-state index in [9.17, 15) is 9.59 Å². The van der Waals surface area contributed by atoms with Crippen molar-refractivity contribution in [3.63, 3.8) is 0 Å². The SMILES string of the molecule is Cc1c(C(=O)N2CCC[C@H]2C(N)=O)sc2ncnc(NCCCc3ccccc3)c12. The van der Waals surface area contributed by atoms with Gasteiger partial charge in [-0.3, -0.25) is 9.59 Å². The molecular formula is C22H25N5O2S. The number of nitrogens with one attached hydrogen (secondary N) is 1. The standard InChI is InChI=1S/C22H25N5O2S/c1-14-17-20(24-11-5-9-15-7-3-2-4-8-15)25-13-26-21(17)30-18(14)22(29)27-12-6-10-16(27)19(23)28/h2-4,7-8,13,16H,5-6,9-12H2,1H3,(H2,23,28)(H,24,25,26)/t16-/m0/s1. The van der Waals surface area contributed by atoms with E-state index in [0.717, 1.165) is 47.4 Å². The van der Waals surface area contributed by atoms with Crippen molar-refractivity contribution < 1.29 is 9.59 Å². The van der Waals surface area contributed by atoms with Crippen LogP contribution < -0.4 is 11.1 Å². The molecule has 0 aliphatic carbocycles. The first-order chi connectivity index (χ1) is 14.6. The number of nitrogens with two attached hydrogens (primary N) is 1. The molecule has 0 bridgehead atoms. The van der Waals surface area contributed by atoms with E-state index in [1.54, 1.807) is 4.90 Å². The first-order valence-electron chi connectivity index (χ1n) is 10.2. The van der Waals surface area contributed by atoms with Crippen molar-refractivity contribution in [1.82, 2.24) is 14.9 Å². The lowest BCUT2D eigenvalue weighted by molar-refractivity contribution is -0.121. The fraction of sp³-hybridized carbons (Fsp3) is 0.364. The van der Waals surface area contributed by atoms with Crippen LogP contribution in [0, 0.1) is 6.92 Å². The van der Waals surface area contributed by atoms with Crippen LogP contribution in [0.5, 0.6) is 0 Å². The van der Waals surface area contributed by atoms with Gasteiger partial charge in [0, 0.05) is 13.1 Å². The van der Waals surface area contributed by atoms with E-state index in [2.05, 4.69) is 27.4 Å². The van der Waals surface area contributed by atoms with Gasteiger partial charge in [0.15, 0.2) is 0 Å². The summed E-state index contributed by atoms with van der Waals surface area (Å²) >= 11 is 1.35. The van der Waals surface area contributed by atoms with Crippen LogP contribution in [0.4, 0.5) is 5.82 Å². The third-order valence-electron chi connectivity index (χ3n) is 5.54. The predicted molar refractivity (Wildman–Crippen MR) is 119 cm³/mol. The van der Waals surface area contributed by atoms with Gasteiger partial charge in [-0.15, -0.1) is 11.3 Å². The number of likely N-dealkylation sites (tertiary alicyclic amines) is 1. The minimum atomic E-state index is -0.524. The van der Waals surface area contributed by atoms with Crippen molar-refractivity contribution in [2.45, 2.75) is 38.6 Å². The summed E-state index contributed by atoms with van der Waals surface area (Å²) in [7, 11) is 0. The molecule has 1 saturated heterocycles. The third kappa shape index (κ3) is 4.00. The Morgan fingerprint density at radius 3 is 2.83 bits per heavy atom. The average molecular weight is 424 g/mol. The molecule has 1 aromatic carbocycles. The van der Waals surface area contributed by atoms with Crippen molar-refractivity contribution in [2.75, 3.05) is 18.4 Å². The Kier molecular flexibility index (Phi) is 5.94. The number of rotatable bonds is 7. The number of hydrogen-bond acceptors (Lipinski definition) is 6. The normalized spacial score (nSPS) is 16.2. The second-order valence-corrected chi connectivity index (χ2v) is 8.53. The number of amides is 2. The minimum Gasteiger partial charge on any atom is -0.369 e. The van der Waals surface area contributed by atoms with Gasteiger partial charge < -0.3 is 16.0 Å². The zero-order chi connectivity index (χ0) is 21.1. The Bertz CT molecular complexity index is 1070. The van der Waals surface area contributed by atoms with Gasteiger partial charge in [0.05, 0.1) is 10.3 Å². The molecule has 0 saturated carbocycles. The smallest absolute Gasteiger partial charge is 0.264 e. The van der Waals surface area contributed by atoms with Gasteiger partial charge >= 0.3 is 0 Å². The first-order valence-corrected chi connectivity index (χ1v) is 11.0. The quantitative estimate of drug-likeness (QED) is 0.569. The highest BCUT2D eigenvalue weighted by Crippen LogP contribution is 2.35. The van der Waals surface area contributed by atoms with Crippen LogP contribution in [-0.4, -0.2) is 45.8 Å². The average Bonchev–Trinajstić information content (AvgIpc) is 3.37. The molecule has 8 heteroatoms. The van der Waals surface area contributed by atoms with E-state index in [4.69, 9.17) is 5.73 Å². The molecule has 2 amide bonds. The Morgan fingerprint density at radius 2 is 2.07 bits per heavy atom. The Morgan fingerprint density at radius 1 is 1.27 bits per heavy atom. The van der Waals surface area contributed by atoms with E-state index >= 15 is 0 Å². The highest BCUT2D eigenvalue weighted by molar-refractivity contribution is 7.20. The molecule has 1 atom stereocenters. The van der Waals surface area contributed by atoms with Crippen LogP contribution in [0.2, 0.25) is 0 Å². The van der Waals surface area contributed by atoms with Crippen LogP contribution in [0.15, 0.2) is 36.7 Å². The lowest BCUT2D eigenvalue weighted by Gasteiger charge is -2.21. The lowest BCUT2D eigenvalue weighted by atomic mass is 10.1. The number of benzene rings is 1. The monoisotopic (exact) mass is 423 g/mol. The minimum absolute atomic E-state index is 0.146. The van der Waals surface area contributed by atoms with Crippen molar-refractivity contribution >= 4 is 39.2 Å². The van der Waals surface area contributed by atoms with Crippen LogP contribution >= 0.6 is 11.3 Å². The number of primary amides is 1. The van der Waals surface area contributed by atoms with E-state index in [0.29, 0.717) is 17.8 Å². The molecule has 4 rings (SSSR count). The molecule has 0 radical (unpaired) electrons. The highest BCUT2D eigenvalue weighted by Gasteiger charge is 2.35. The van der Waals surface area contributed by atoms with Crippen molar-refractivity contribution in [1.29, 1.82) is 0 Å². The Labute approximate surface area is 179 Å². The fourth-order valence-corrected chi connectivity index (χ4v) is 5.09. The van der Waals surface area contributed by atoms with Gasteiger partial charge in [-0.2, -0.15) is 0 Å². The van der Waals surface area contributed by atoms with Crippen LogP contribution in [0.1, 0.15) is 40.1 Å². The topological polar surface area (TPSA) is 101 Å². The zero-order valence-electron chi connectivity index (χ0n) is 16.9. The summed E-state index contributed by atoms with van der Waals surface area (Å²) in [5.41, 5.74) is 7.64. The maximum atomic E-state index is 13.1. The number of hydrogen-bond donors (Lipinski definition) is 2. The van der Waals surface area contributed by atoms with Crippen LogP contribution in [-0.2, 0) is 11.2 Å². The highest BCUT2D eigenvalue weighted by atomic mass is 32.1. The molecule has 1 fully saturated rings. The molecule has 156 valence electrons. The van der Waals surface area contributed by atoms with Gasteiger partial charge in [0.1, 0.15) is 23.0 Å². The van der Waals surface area contributed by atoms with Crippen LogP contribution in [0.25, 0.3) is 10.2 Å². The van der Waals surface area contributed by atoms with Gasteiger partial charge in [-0.05, 0) is 43.7 Å². The van der Waals surface area contributed by atoms with Crippen molar-refractivity contribution in [3.05, 3.63) is 52.7 Å². The molecule has 1 aliphatic rings. The number of aryl methyl sites for hydroxylation is 2. The number of fused-ring (bicyclic) bond motifs is 1. The third-order valence-corrected chi connectivity index (χ3v) is 6.73. The zero-order valence-corrected chi connectivity index (χ0v) is 17.7. The second-order valence-electron chi connectivity index (χ2n) is 7.53. The maximum Gasteiger partial charge on any atom is 0.264 e. The summed E-state index contributed by atoms with van der Waals surface area (Å²) in [6.45, 7) is 3.24. The molecule has 3 aromatic rings. The molecule has 0 unspecified atom stereocenters. The maximum absolute atomic E-state index is 13.1. The van der Waals surface area contributed by atoms with E-state index in [-0.39, 0.29) is 5.91 Å². The molecule has 7 nitrogen and oxygen atoms in total. The summed E-state index contributed by atoms with van der Waals surface area (Å²) in [6.07, 6.45) is 4.89. The van der Waals surface area contributed by atoms with Gasteiger partial charge in [-0.25, -0.2) is 9.97 Å². The summed E-state index contributed by atoms with van der Waals surface area (Å²) < 4.78 is 0. The molecule has 3 heterocycles. The summed E-state index contributed by atoms with van der Waals surface area (Å²) in [5.74, 6) is 0.153. The molecule has 30 heavy (non-hydrogen) atoms.